The van der Waals surface area contributed by atoms with Gasteiger partial charge in [-0.2, -0.15) is 0 Å². The molecule has 4 heteroatoms. The van der Waals surface area contributed by atoms with E-state index in [0.29, 0.717) is 16.7 Å². The summed E-state index contributed by atoms with van der Waals surface area (Å²) in [5.41, 5.74) is 1.42. The molecule has 0 aromatic heterocycles. The first-order valence-electron chi connectivity index (χ1n) is 4.99. The summed E-state index contributed by atoms with van der Waals surface area (Å²) in [5.74, 6) is -0.454. The lowest BCUT2D eigenvalue weighted by Crippen LogP contribution is -2.05. The van der Waals surface area contributed by atoms with Crippen molar-refractivity contribution in [1.29, 1.82) is 0 Å². The zero-order chi connectivity index (χ0) is 12.1. The molecule has 0 saturated heterocycles. The predicted octanol–water partition coefficient (Wildman–Crippen LogP) is 3.15. The number of methoxy groups -OCH3 is 1. The molecule has 0 aliphatic rings. The van der Waals surface area contributed by atoms with E-state index in [4.69, 9.17) is 0 Å². The molecule has 0 aliphatic carbocycles. The van der Waals surface area contributed by atoms with Crippen molar-refractivity contribution < 1.29 is 18.3 Å². The fourth-order valence-corrected chi connectivity index (χ4v) is 1.48. The Balaban J connectivity index is 2.94. The third-order valence-electron chi connectivity index (χ3n) is 2.38. The number of carbonyl (C=O) groups is 1. The molecule has 2 nitrogen and oxygen atoms in total. The third kappa shape index (κ3) is 2.78. The highest BCUT2D eigenvalue weighted by atomic mass is 19.1. The molecular formula is C12H14F2O2. The first-order chi connectivity index (χ1) is 7.60. The molecule has 0 fully saturated rings. The van der Waals surface area contributed by atoms with Gasteiger partial charge >= 0.3 is 5.97 Å². The SMILES string of the molecule is COC(=O)c1ccc(C(F)CCF)cc1C. The lowest BCUT2D eigenvalue weighted by molar-refractivity contribution is 0.0600. The number of benzene rings is 1. The summed E-state index contributed by atoms with van der Waals surface area (Å²) >= 11 is 0. The van der Waals surface area contributed by atoms with Gasteiger partial charge in [-0.05, 0) is 24.1 Å². The number of aryl methyl sites for hydroxylation is 1. The Morgan fingerprint density at radius 1 is 1.50 bits per heavy atom. The van der Waals surface area contributed by atoms with Crippen LogP contribution in [0.4, 0.5) is 8.78 Å². The van der Waals surface area contributed by atoms with Gasteiger partial charge in [-0.1, -0.05) is 12.1 Å². The van der Waals surface area contributed by atoms with Crippen molar-refractivity contribution in [3.8, 4) is 0 Å². The molecule has 1 aromatic carbocycles. The van der Waals surface area contributed by atoms with E-state index in [1.165, 1.54) is 19.2 Å². The van der Waals surface area contributed by atoms with Gasteiger partial charge in [0.1, 0.15) is 6.17 Å². The van der Waals surface area contributed by atoms with Crippen molar-refractivity contribution >= 4 is 5.97 Å². The lowest BCUT2D eigenvalue weighted by Gasteiger charge is -2.09. The Hall–Kier alpha value is -1.45. The van der Waals surface area contributed by atoms with Crippen LogP contribution in [0.2, 0.25) is 0 Å². The lowest BCUT2D eigenvalue weighted by atomic mass is 10.0. The Labute approximate surface area is 93.2 Å². The van der Waals surface area contributed by atoms with Gasteiger partial charge in [-0.25, -0.2) is 9.18 Å². The van der Waals surface area contributed by atoms with Gasteiger partial charge in [0.15, 0.2) is 0 Å². The van der Waals surface area contributed by atoms with Crippen LogP contribution in [0.25, 0.3) is 0 Å². The van der Waals surface area contributed by atoms with Crippen LogP contribution in [-0.4, -0.2) is 19.8 Å². The highest BCUT2D eigenvalue weighted by Gasteiger charge is 2.14. The van der Waals surface area contributed by atoms with Crippen molar-refractivity contribution in [2.75, 3.05) is 13.8 Å². The maximum Gasteiger partial charge on any atom is 0.338 e. The number of rotatable bonds is 4. The zero-order valence-corrected chi connectivity index (χ0v) is 9.30. The van der Waals surface area contributed by atoms with Gasteiger partial charge < -0.3 is 4.74 Å². The fourth-order valence-electron chi connectivity index (χ4n) is 1.48. The van der Waals surface area contributed by atoms with E-state index in [0.717, 1.165) is 0 Å². The standard InChI is InChI=1S/C12H14F2O2/c1-8-7-9(11(14)5-6-13)3-4-10(8)12(15)16-2/h3-4,7,11H,5-6H2,1-2H3. The number of carbonyl (C=O) groups excluding carboxylic acids is 1. The number of ether oxygens (including phenoxy) is 1. The van der Waals surface area contributed by atoms with Crippen LogP contribution in [0.1, 0.15) is 34.1 Å². The quantitative estimate of drug-likeness (QED) is 0.740. The first kappa shape index (κ1) is 12.6. The van der Waals surface area contributed by atoms with Crippen LogP contribution in [-0.2, 0) is 4.74 Å². The van der Waals surface area contributed by atoms with Crippen LogP contribution < -0.4 is 0 Å². The maximum absolute atomic E-state index is 13.4. The maximum atomic E-state index is 13.4. The molecule has 88 valence electrons. The molecule has 0 spiro atoms. The number of hydrogen-bond acceptors (Lipinski definition) is 2. The van der Waals surface area contributed by atoms with Crippen LogP contribution in [0.15, 0.2) is 18.2 Å². The second-order valence-electron chi connectivity index (χ2n) is 3.51. The molecule has 1 unspecified atom stereocenters. The highest BCUT2D eigenvalue weighted by Crippen LogP contribution is 2.23. The summed E-state index contributed by atoms with van der Waals surface area (Å²) in [6, 6.07) is 4.54. The molecule has 0 radical (unpaired) electrons. The molecule has 0 aliphatic heterocycles. The summed E-state index contributed by atoms with van der Waals surface area (Å²) in [6.07, 6.45) is -1.48. The number of alkyl halides is 2. The Morgan fingerprint density at radius 2 is 2.19 bits per heavy atom. The number of halogens is 2. The van der Waals surface area contributed by atoms with E-state index in [1.807, 2.05) is 0 Å². The minimum atomic E-state index is -1.32. The van der Waals surface area contributed by atoms with Gasteiger partial charge in [-0.15, -0.1) is 0 Å². The topological polar surface area (TPSA) is 26.3 Å². The van der Waals surface area contributed by atoms with Crippen molar-refractivity contribution in [2.24, 2.45) is 0 Å². The van der Waals surface area contributed by atoms with E-state index in [-0.39, 0.29) is 6.42 Å². The summed E-state index contributed by atoms with van der Waals surface area (Å²) < 4.78 is 29.9. The van der Waals surface area contributed by atoms with Gasteiger partial charge in [0, 0.05) is 6.42 Å². The molecule has 0 N–H and O–H groups in total. The molecule has 0 heterocycles. The second kappa shape index (κ2) is 5.58. The van der Waals surface area contributed by atoms with E-state index in [2.05, 4.69) is 4.74 Å². The molecule has 16 heavy (non-hydrogen) atoms. The van der Waals surface area contributed by atoms with Crippen LogP contribution in [0.5, 0.6) is 0 Å². The minimum Gasteiger partial charge on any atom is -0.465 e. The summed E-state index contributed by atoms with van der Waals surface area (Å²) in [6.45, 7) is 0.997. The summed E-state index contributed by atoms with van der Waals surface area (Å²) in [5, 5.41) is 0. The Morgan fingerprint density at radius 3 is 2.69 bits per heavy atom. The van der Waals surface area contributed by atoms with Gasteiger partial charge in [0.2, 0.25) is 0 Å². The van der Waals surface area contributed by atoms with Crippen LogP contribution in [0.3, 0.4) is 0 Å². The zero-order valence-electron chi connectivity index (χ0n) is 9.30. The molecule has 1 aromatic rings. The Bertz CT molecular complexity index is 377. The minimum absolute atomic E-state index is 0.156. The van der Waals surface area contributed by atoms with Gasteiger partial charge in [-0.3, -0.25) is 4.39 Å². The summed E-state index contributed by atoms with van der Waals surface area (Å²) in [4.78, 5) is 11.3. The van der Waals surface area contributed by atoms with Gasteiger partial charge in [0.05, 0.1) is 19.3 Å². The fraction of sp³-hybridized carbons (Fsp3) is 0.417. The van der Waals surface area contributed by atoms with E-state index in [9.17, 15) is 13.6 Å². The average molecular weight is 228 g/mol. The van der Waals surface area contributed by atoms with E-state index in [1.54, 1.807) is 13.0 Å². The van der Waals surface area contributed by atoms with E-state index < -0.39 is 18.8 Å². The average Bonchev–Trinajstić information content (AvgIpc) is 2.28. The smallest absolute Gasteiger partial charge is 0.338 e. The second-order valence-corrected chi connectivity index (χ2v) is 3.51. The first-order valence-corrected chi connectivity index (χ1v) is 4.99. The van der Waals surface area contributed by atoms with Crippen molar-refractivity contribution in [1.82, 2.24) is 0 Å². The summed E-state index contributed by atoms with van der Waals surface area (Å²) in [7, 11) is 1.29. The Kier molecular flexibility index (Phi) is 4.40. The number of hydrogen-bond donors (Lipinski definition) is 0. The largest absolute Gasteiger partial charge is 0.465 e. The molecule has 1 atom stereocenters. The van der Waals surface area contributed by atoms with Crippen molar-refractivity contribution in [3.63, 3.8) is 0 Å². The predicted molar refractivity (Wildman–Crippen MR) is 57.0 cm³/mol. The molecule has 1 rings (SSSR count). The monoisotopic (exact) mass is 228 g/mol. The van der Waals surface area contributed by atoms with Crippen LogP contribution in [0, 0.1) is 6.92 Å². The third-order valence-corrected chi connectivity index (χ3v) is 2.38. The molecule has 0 amide bonds. The molecule has 0 saturated carbocycles. The van der Waals surface area contributed by atoms with Crippen LogP contribution >= 0.6 is 0 Å². The highest BCUT2D eigenvalue weighted by molar-refractivity contribution is 5.90. The molecule has 0 bridgehead atoms. The van der Waals surface area contributed by atoms with Crippen molar-refractivity contribution in [3.05, 3.63) is 34.9 Å². The normalized spacial score (nSPS) is 12.2. The van der Waals surface area contributed by atoms with E-state index >= 15 is 0 Å². The van der Waals surface area contributed by atoms with Gasteiger partial charge in [0.25, 0.3) is 0 Å². The molecular weight excluding hydrogens is 214 g/mol. The van der Waals surface area contributed by atoms with Crippen molar-refractivity contribution in [2.45, 2.75) is 19.5 Å². The number of esters is 1.